The molecule has 3 aliphatic rings. The van der Waals surface area contributed by atoms with Crippen molar-refractivity contribution in [2.24, 2.45) is 17.3 Å². The topological polar surface area (TPSA) is 87.2 Å². The van der Waals surface area contributed by atoms with Crippen molar-refractivity contribution in [3.63, 3.8) is 0 Å². The molecule has 3 aromatic heterocycles. The van der Waals surface area contributed by atoms with Gasteiger partial charge in [0, 0.05) is 35.4 Å². The van der Waals surface area contributed by atoms with Crippen LogP contribution < -0.4 is 10.6 Å². The normalized spacial score (nSPS) is 23.7. The first-order chi connectivity index (χ1) is 15.8. The molecule has 7 nitrogen and oxygen atoms in total. The molecule has 3 fully saturated rings. The summed E-state index contributed by atoms with van der Waals surface area (Å²) in [6, 6.07) is 6.52. The van der Waals surface area contributed by atoms with E-state index in [4.69, 9.17) is 4.98 Å². The third kappa shape index (κ3) is 3.11. The van der Waals surface area contributed by atoms with Crippen molar-refractivity contribution in [1.82, 2.24) is 20.2 Å². The molecule has 2 N–H and O–H groups in total. The molecule has 0 spiro atoms. The van der Waals surface area contributed by atoms with Crippen LogP contribution in [-0.2, 0) is 16.1 Å². The van der Waals surface area contributed by atoms with E-state index in [1.807, 2.05) is 39.1 Å². The Balaban J connectivity index is 1.37. The molecule has 8 heteroatoms. The maximum Gasteiger partial charge on any atom is 0.234 e. The number of carbonyl (C=O) groups excluding carboxylic acids is 2. The second kappa shape index (κ2) is 7.08. The summed E-state index contributed by atoms with van der Waals surface area (Å²) >= 11 is 1.60. The number of pyridine rings is 2. The molecule has 33 heavy (non-hydrogen) atoms. The minimum Gasteiger partial charge on any atom is -0.378 e. The van der Waals surface area contributed by atoms with Crippen LogP contribution in [0.2, 0.25) is 0 Å². The van der Waals surface area contributed by atoms with Crippen LogP contribution >= 0.6 is 11.3 Å². The van der Waals surface area contributed by atoms with Crippen LogP contribution in [0, 0.1) is 31.1 Å². The lowest BCUT2D eigenvalue weighted by atomic mass is 10.0. The summed E-state index contributed by atoms with van der Waals surface area (Å²) in [5.74, 6) is -0.362. The number of carbonyl (C=O) groups is 2. The quantitative estimate of drug-likeness (QED) is 0.566. The van der Waals surface area contributed by atoms with Crippen molar-refractivity contribution in [2.45, 2.75) is 40.3 Å². The van der Waals surface area contributed by atoms with Gasteiger partial charge in [0.15, 0.2) is 0 Å². The lowest BCUT2D eigenvalue weighted by Gasteiger charge is -2.30. The van der Waals surface area contributed by atoms with Gasteiger partial charge in [-0.3, -0.25) is 24.5 Å². The molecule has 2 unspecified atom stereocenters. The van der Waals surface area contributed by atoms with Crippen molar-refractivity contribution < 1.29 is 9.59 Å². The highest BCUT2D eigenvalue weighted by molar-refractivity contribution is 7.19. The summed E-state index contributed by atoms with van der Waals surface area (Å²) < 4.78 is 1.03. The molecule has 3 aromatic rings. The summed E-state index contributed by atoms with van der Waals surface area (Å²) in [6.07, 6.45) is 1.81. The molecule has 0 bridgehead atoms. The van der Waals surface area contributed by atoms with Gasteiger partial charge in [-0.2, -0.15) is 0 Å². The molecule has 2 saturated heterocycles. The predicted octanol–water partition coefficient (Wildman–Crippen LogP) is 3.50. The highest BCUT2D eigenvalue weighted by atomic mass is 32.1. The zero-order valence-electron chi connectivity index (χ0n) is 19.2. The summed E-state index contributed by atoms with van der Waals surface area (Å²) in [5.41, 5.74) is 5.83. The molecule has 6 rings (SSSR count). The Kier molecular flexibility index (Phi) is 4.45. The van der Waals surface area contributed by atoms with Crippen LogP contribution in [0.4, 0.5) is 5.69 Å². The van der Waals surface area contributed by atoms with Crippen LogP contribution in [0.3, 0.4) is 0 Å². The second-order valence-electron chi connectivity index (χ2n) is 10.1. The maximum absolute atomic E-state index is 12.8. The van der Waals surface area contributed by atoms with Crippen LogP contribution in [0.25, 0.3) is 21.5 Å². The zero-order chi connectivity index (χ0) is 23.1. The molecule has 5 heterocycles. The van der Waals surface area contributed by atoms with E-state index in [2.05, 4.69) is 28.6 Å². The van der Waals surface area contributed by atoms with E-state index in [9.17, 15) is 9.59 Å². The Morgan fingerprint density at radius 3 is 2.58 bits per heavy atom. The van der Waals surface area contributed by atoms with Crippen LogP contribution in [-0.4, -0.2) is 45.8 Å². The summed E-state index contributed by atoms with van der Waals surface area (Å²) in [4.78, 5) is 37.5. The van der Waals surface area contributed by atoms with Gasteiger partial charge >= 0.3 is 0 Å². The molecular formula is C25H27N5O2S. The number of aryl methyl sites for hydroxylation is 2. The van der Waals surface area contributed by atoms with Crippen molar-refractivity contribution in [3.05, 3.63) is 40.5 Å². The molecular weight excluding hydrogens is 434 g/mol. The monoisotopic (exact) mass is 461 g/mol. The van der Waals surface area contributed by atoms with Crippen molar-refractivity contribution >= 4 is 39.1 Å². The summed E-state index contributed by atoms with van der Waals surface area (Å²) in [5, 5.41) is 6.97. The summed E-state index contributed by atoms with van der Waals surface area (Å²) in [6.45, 7) is 10.3. The number of anilines is 1. The number of imide groups is 1. The maximum atomic E-state index is 12.8. The van der Waals surface area contributed by atoms with Crippen LogP contribution in [0.5, 0.6) is 0 Å². The lowest BCUT2D eigenvalue weighted by molar-refractivity contribution is -0.143. The number of rotatable bonds is 5. The lowest BCUT2D eigenvalue weighted by Crippen LogP contribution is -2.51. The van der Waals surface area contributed by atoms with Gasteiger partial charge in [-0.1, -0.05) is 13.8 Å². The molecule has 1 saturated carbocycles. The highest BCUT2D eigenvalue weighted by Crippen LogP contribution is 2.63. The fourth-order valence-electron chi connectivity index (χ4n) is 5.38. The van der Waals surface area contributed by atoms with Gasteiger partial charge in [0.1, 0.15) is 0 Å². The smallest absolute Gasteiger partial charge is 0.234 e. The third-order valence-electron chi connectivity index (χ3n) is 7.40. The number of hydrogen-bond donors (Lipinski definition) is 2. The van der Waals surface area contributed by atoms with Gasteiger partial charge in [-0.05, 0) is 43.0 Å². The molecule has 0 aromatic carbocycles. The van der Waals surface area contributed by atoms with Gasteiger partial charge in [0.2, 0.25) is 11.8 Å². The van der Waals surface area contributed by atoms with Crippen LogP contribution in [0.1, 0.15) is 30.0 Å². The number of fused-ring (bicyclic) bond motifs is 2. The first-order valence-electron chi connectivity index (χ1n) is 11.4. The fraction of sp³-hybridized carbons (Fsp3) is 0.440. The minimum absolute atomic E-state index is 0.0304. The van der Waals surface area contributed by atoms with E-state index in [0.29, 0.717) is 12.6 Å². The Bertz CT molecular complexity index is 1300. The molecule has 0 radical (unpaired) electrons. The van der Waals surface area contributed by atoms with Gasteiger partial charge < -0.3 is 10.6 Å². The molecule has 2 amide bonds. The van der Waals surface area contributed by atoms with Gasteiger partial charge in [-0.25, -0.2) is 0 Å². The standard InChI is InChI=1S/C25H27N5O2S/c1-12-7-13(2)28-21(20(12)29-14-9-26-10-14)16-5-6-27-17-8-15(33-22(16)17)11-30-23(31)18-19(24(30)32)25(18,3)4/h5-8,14,18-19,26,29H,9-11H2,1-4H3. The second-order valence-corrected chi connectivity index (χ2v) is 11.3. The van der Waals surface area contributed by atoms with E-state index in [1.165, 1.54) is 10.5 Å². The molecule has 1 aliphatic carbocycles. The highest BCUT2D eigenvalue weighted by Gasteiger charge is 2.72. The van der Waals surface area contributed by atoms with Crippen molar-refractivity contribution in [1.29, 1.82) is 0 Å². The molecule has 2 aliphatic heterocycles. The van der Waals surface area contributed by atoms with E-state index in [1.54, 1.807) is 11.3 Å². The number of piperidine rings is 1. The summed E-state index contributed by atoms with van der Waals surface area (Å²) in [7, 11) is 0. The number of amides is 2. The number of likely N-dealkylation sites (tertiary alicyclic amines) is 1. The largest absolute Gasteiger partial charge is 0.378 e. The Labute approximate surface area is 196 Å². The zero-order valence-corrected chi connectivity index (χ0v) is 20.0. The average molecular weight is 462 g/mol. The van der Waals surface area contributed by atoms with E-state index in [0.717, 1.165) is 50.8 Å². The third-order valence-corrected chi connectivity index (χ3v) is 8.54. The number of aromatic nitrogens is 2. The first-order valence-corrected chi connectivity index (χ1v) is 12.3. The fourth-order valence-corrected chi connectivity index (χ4v) is 6.49. The minimum atomic E-state index is -0.187. The van der Waals surface area contributed by atoms with Gasteiger partial charge in [-0.15, -0.1) is 11.3 Å². The van der Waals surface area contributed by atoms with Crippen molar-refractivity contribution in [3.8, 4) is 11.3 Å². The number of nitrogens with one attached hydrogen (secondary N) is 2. The SMILES string of the molecule is Cc1cc(C)c(NC2CNC2)c(-c2ccnc3cc(CN4C(=O)C5C(C4=O)C5(C)C)sc23)n1. The predicted molar refractivity (Wildman–Crippen MR) is 129 cm³/mol. The molecule has 170 valence electrons. The van der Waals surface area contributed by atoms with Gasteiger partial charge in [0.25, 0.3) is 0 Å². The first kappa shape index (κ1) is 20.7. The van der Waals surface area contributed by atoms with E-state index >= 15 is 0 Å². The Morgan fingerprint density at radius 2 is 1.91 bits per heavy atom. The van der Waals surface area contributed by atoms with Gasteiger partial charge in [0.05, 0.1) is 46.0 Å². The Hall–Kier alpha value is -2.84. The number of nitrogens with zero attached hydrogens (tertiary/aromatic N) is 3. The molecule has 2 atom stereocenters. The van der Waals surface area contributed by atoms with Crippen molar-refractivity contribution in [2.75, 3.05) is 18.4 Å². The van der Waals surface area contributed by atoms with E-state index < -0.39 is 0 Å². The van der Waals surface area contributed by atoms with E-state index in [-0.39, 0.29) is 29.1 Å². The number of hydrogen-bond acceptors (Lipinski definition) is 7. The number of thiophene rings is 1. The average Bonchev–Trinajstić information content (AvgIpc) is 2.99. The Morgan fingerprint density at radius 1 is 1.18 bits per heavy atom. The van der Waals surface area contributed by atoms with Crippen LogP contribution in [0.15, 0.2) is 24.4 Å².